The predicted molar refractivity (Wildman–Crippen MR) is 69.5 cm³/mol. The van der Waals surface area contributed by atoms with Crippen LogP contribution in [0.3, 0.4) is 0 Å². The van der Waals surface area contributed by atoms with Gasteiger partial charge < -0.3 is 5.32 Å². The molecule has 5 heteroatoms. The standard InChI is InChI=1S/C13H13N3O2/c17-16(18)13-6-2-1-5-12(13)15-9-7-11-4-3-8-14-10-11/h1-6,8,10,15H,7,9H2. The first-order valence-corrected chi connectivity index (χ1v) is 5.63. The largest absolute Gasteiger partial charge is 0.379 e. The number of para-hydroxylation sites is 2. The fourth-order valence-corrected chi connectivity index (χ4v) is 1.67. The highest BCUT2D eigenvalue weighted by molar-refractivity contribution is 5.61. The van der Waals surface area contributed by atoms with Crippen LogP contribution in [0.1, 0.15) is 5.56 Å². The number of nitro groups is 1. The molecule has 1 aromatic carbocycles. The van der Waals surface area contributed by atoms with E-state index in [0.717, 1.165) is 12.0 Å². The van der Waals surface area contributed by atoms with Gasteiger partial charge in [-0.2, -0.15) is 0 Å². The molecule has 1 N–H and O–H groups in total. The number of nitrogens with zero attached hydrogens (tertiary/aromatic N) is 2. The minimum Gasteiger partial charge on any atom is -0.379 e. The highest BCUT2D eigenvalue weighted by Crippen LogP contribution is 2.22. The van der Waals surface area contributed by atoms with Crippen molar-refractivity contribution in [2.75, 3.05) is 11.9 Å². The third-order valence-electron chi connectivity index (χ3n) is 2.55. The smallest absolute Gasteiger partial charge is 0.292 e. The Hall–Kier alpha value is -2.43. The summed E-state index contributed by atoms with van der Waals surface area (Å²) < 4.78 is 0. The molecular weight excluding hydrogens is 230 g/mol. The molecule has 0 aliphatic heterocycles. The van der Waals surface area contributed by atoms with Gasteiger partial charge in [0.25, 0.3) is 5.69 Å². The molecule has 0 saturated heterocycles. The van der Waals surface area contributed by atoms with Gasteiger partial charge in [0.2, 0.25) is 0 Å². The number of benzene rings is 1. The number of nitrogens with one attached hydrogen (secondary N) is 1. The summed E-state index contributed by atoms with van der Waals surface area (Å²) in [6.45, 7) is 0.635. The molecule has 92 valence electrons. The first-order chi connectivity index (χ1) is 8.77. The van der Waals surface area contributed by atoms with E-state index in [-0.39, 0.29) is 10.6 Å². The maximum Gasteiger partial charge on any atom is 0.292 e. The van der Waals surface area contributed by atoms with E-state index in [1.807, 2.05) is 12.1 Å². The molecule has 0 saturated carbocycles. The van der Waals surface area contributed by atoms with E-state index in [1.165, 1.54) is 6.07 Å². The van der Waals surface area contributed by atoms with Crippen LogP contribution in [0.25, 0.3) is 0 Å². The van der Waals surface area contributed by atoms with Crippen molar-refractivity contribution in [2.45, 2.75) is 6.42 Å². The molecule has 0 unspecified atom stereocenters. The predicted octanol–water partition coefficient (Wildman–Crippen LogP) is 2.64. The van der Waals surface area contributed by atoms with Crippen LogP contribution in [0.5, 0.6) is 0 Å². The summed E-state index contributed by atoms with van der Waals surface area (Å²) in [6, 6.07) is 10.5. The summed E-state index contributed by atoms with van der Waals surface area (Å²) in [5, 5.41) is 13.9. The maximum absolute atomic E-state index is 10.8. The zero-order valence-electron chi connectivity index (χ0n) is 9.74. The average molecular weight is 243 g/mol. The van der Waals surface area contributed by atoms with Crippen LogP contribution in [-0.4, -0.2) is 16.5 Å². The third kappa shape index (κ3) is 3.04. The number of hydrogen-bond acceptors (Lipinski definition) is 4. The Balaban J connectivity index is 1.97. The molecule has 0 amide bonds. The molecule has 0 spiro atoms. The highest BCUT2D eigenvalue weighted by Gasteiger charge is 2.11. The van der Waals surface area contributed by atoms with E-state index in [1.54, 1.807) is 30.6 Å². The zero-order chi connectivity index (χ0) is 12.8. The normalized spacial score (nSPS) is 10.0. The van der Waals surface area contributed by atoms with Crippen molar-refractivity contribution in [3.8, 4) is 0 Å². The van der Waals surface area contributed by atoms with Gasteiger partial charge in [0.1, 0.15) is 5.69 Å². The summed E-state index contributed by atoms with van der Waals surface area (Å²) in [5.74, 6) is 0. The monoisotopic (exact) mass is 243 g/mol. The molecule has 1 aromatic heterocycles. The first-order valence-electron chi connectivity index (χ1n) is 5.63. The molecular formula is C13H13N3O2. The SMILES string of the molecule is O=[N+]([O-])c1ccccc1NCCc1cccnc1. The Morgan fingerprint density at radius 3 is 2.78 bits per heavy atom. The van der Waals surface area contributed by atoms with Crippen LogP contribution >= 0.6 is 0 Å². The lowest BCUT2D eigenvalue weighted by Gasteiger charge is -2.06. The van der Waals surface area contributed by atoms with Gasteiger partial charge in [-0.1, -0.05) is 18.2 Å². The zero-order valence-corrected chi connectivity index (χ0v) is 9.74. The Bertz CT molecular complexity index is 529. The summed E-state index contributed by atoms with van der Waals surface area (Å²) in [4.78, 5) is 14.4. The van der Waals surface area contributed by atoms with E-state index >= 15 is 0 Å². The van der Waals surface area contributed by atoms with Crippen molar-refractivity contribution in [1.82, 2.24) is 4.98 Å². The number of hydrogen-bond donors (Lipinski definition) is 1. The van der Waals surface area contributed by atoms with Gasteiger partial charge in [-0.3, -0.25) is 15.1 Å². The van der Waals surface area contributed by atoms with Crippen LogP contribution in [0, 0.1) is 10.1 Å². The van der Waals surface area contributed by atoms with Crippen LogP contribution in [0.2, 0.25) is 0 Å². The summed E-state index contributed by atoms with van der Waals surface area (Å²) in [6.07, 6.45) is 4.29. The van der Waals surface area contributed by atoms with Crippen molar-refractivity contribution >= 4 is 11.4 Å². The average Bonchev–Trinajstić information content (AvgIpc) is 2.40. The van der Waals surface area contributed by atoms with Gasteiger partial charge in [-0.15, -0.1) is 0 Å². The molecule has 2 aromatic rings. The number of rotatable bonds is 5. The molecule has 2 rings (SSSR count). The van der Waals surface area contributed by atoms with Gasteiger partial charge in [0.15, 0.2) is 0 Å². The van der Waals surface area contributed by atoms with Crippen molar-refractivity contribution in [3.63, 3.8) is 0 Å². The molecule has 0 radical (unpaired) electrons. The molecule has 0 bridgehead atoms. The lowest BCUT2D eigenvalue weighted by Crippen LogP contribution is -2.06. The van der Waals surface area contributed by atoms with Gasteiger partial charge in [-0.25, -0.2) is 0 Å². The second-order valence-electron chi connectivity index (χ2n) is 3.81. The third-order valence-corrected chi connectivity index (χ3v) is 2.55. The first kappa shape index (κ1) is 12.0. The fraction of sp³-hybridized carbons (Fsp3) is 0.154. The Labute approximate surface area is 105 Å². The lowest BCUT2D eigenvalue weighted by molar-refractivity contribution is -0.384. The molecule has 0 fully saturated rings. The number of anilines is 1. The fourth-order valence-electron chi connectivity index (χ4n) is 1.67. The van der Waals surface area contributed by atoms with E-state index in [9.17, 15) is 10.1 Å². The van der Waals surface area contributed by atoms with Crippen molar-refractivity contribution in [2.24, 2.45) is 0 Å². The van der Waals surface area contributed by atoms with Gasteiger partial charge >= 0.3 is 0 Å². The van der Waals surface area contributed by atoms with E-state index in [2.05, 4.69) is 10.3 Å². The minimum atomic E-state index is -0.383. The summed E-state index contributed by atoms with van der Waals surface area (Å²) in [5.41, 5.74) is 1.75. The Kier molecular flexibility index (Phi) is 3.86. The van der Waals surface area contributed by atoms with Gasteiger partial charge in [0, 0.05) is 25.0 Å². The van der Waals surface area contributed by atoms with Crippen LogP contribution < -0.4 is 5.32 Å². The van der Waals surface area contributed by atoms with Gasteiger partial charge in [-0.05, 0) is 24.1 Å². The van der Waals surface area contributed by atoms with Crippen LogP contribution in [0.4, 0.5) is 11.4 Å². The van der Waals surface area contributed by atoms with E-state index in [4.69, 9.17) is 0 Å². The molecule has 1 heterocycles. The highest BCUT2D eigenvalue weighted by atomic mass is 16.6. The Morgan fingerprint density at radius 1 is 1.22 bits per heavy atom. The second-order valence-corrected chi connectivity index (χ2v) is 3.81. The van der Waals surface area contributed by atoms with E-state index in [0.29, 0.717) is 12.2 Å². The second kappa shape index (κ2) is 5.77. The number of pyridine rings is 1. The quantitative estimate of drug-likeness (QED) is 0.647. The number of nitro benzene ring substituents is 1. The van der Waals surface area contributed by atoms with Gasteiger partial charge in [0.05, 0.1) is 4.92 Å². The van der Waals surface area contributed by atoms with Crippen molar-refractivity contribution in [3.05, 3.63) is 64.5 Å². The molecule has 5 nitrogen and oxygen atoms in total. The van der Waals surface area contributed by atoms with Crippen LogP contribution in [-0.2, 0) is 6.42 Å². The number of aromatic nitrogens is 1. The van der Waals surface area contributed by atoms with Crippen molar-refractivity contribution in [1.29, 1.82) is 0 Å². The molecule has 0 aliphatic carbocycles. The van der Waals surface area contributed by atoms with Crippen LogP contribution in [0.15, 0.2) is 48.8 Å². The topological polar surface area (TPSA) is 68.1 Å². The summed E-state index contributed by atoms with van der Waals surface area (Å²) >= 11 is 0. The maximum atomic E-state index is 10.8. The molecule has 0 atom stereocenters. The molecule has 0 aliphatic rings. The van der Waals surface area contributed by atoms with Crippen molar-refractivity contribution < 1.29 is 4.92 Å². The van der Waals surface area contributed by atoms with E-state index < -0.39 is 0 Å². The molecule has 18 heavy (non-hydrogen) atoms. The minimum absolute atomic E-state index is 0.101. The Morgan fingerprint density at radius 2 is 2.06 bits per heavy atom. The lowest BCUT2D eigenvalue weighted by atomic mass is 10.2. The summed E-state index contributed by atoms with van der Waals surface area (Å²) in [7, 11) is 0.